The first-order valence-corrected chi connectivity index (χ1v) is 7.65. The van der Waals surface area contributed by atoms with Crippen LogP contribution in [0.5, 0.6) is 0 Å². The fourth-order valence-corrected chi connectivity index (χ4v) is 2.84. The first-order chi connectivity index (χ1) is 11.0. The van der Waals surface area contributed by atoms with E-state index in [1.54, 1.807) is 9.80 Å². The summed E-state index contributed by atoms with van der Waals surface area (Å²) in [6, 6.07) is 7.39. The molecule has 2 heterocycles. The Morgan fingerprint density at radius 3 is 2.39 bits per heavy atom. The molecule has 0 aliphatic carbocycles. The van der Waals surface area contributed by atoms with Crippen molar-refractivity contribution in [1.29, 1.82) is 0 Å². The highest BCUT2D eigenvalue weighted by molar-refractivity contribution is 5.95. The number of carbonyl (C=O) groups is 2. The minimum Gasteiger partial charge on any atom is -0.443 e. The average Bonchev–Trinajstić information content (AvgIpc) is 2.88. The Kier molecular flexibility index (Phi) is 4.49. The second-order valence-electron chi connectivity index (χ2n) is 5.99. The van der Waals surface area contributed by atoms with Crippen LogP contribution in [-0.2, 0) is 14.3 Å². The Bertz CT molecular complexity index is 587. The number of rotatable bonds is 4. The Hall–Kier alpha value is -2.12. The minimum absolute atomic E-state index is 0.0457. The molecule has 3 rings (SSSR count). The molecule has 0 saturated carbocycles. The average molecular weight is 319 g/mol. The molecule has 2 amide bonds. The van der Waals surface area contributed by atoms with Crippen molar-refractivity contribution in [2.24, 2.45) is 0 Å². The third-order valence-corrected chi connectivity index (χ3v) is 3.90. The van der Waals surface area contributed by atoms with Gasteiger partial charge in [-0.3, -0.25) is 9.69 Å². The van der Waals surface area contributed by atoms with E-state index in [0.717, 1.165) is 11.4 Å². The van der Waals surface area contributed by atoms with Crippen molar-refractivity contribution in [3.8, 4) is 0 Å². The molecule has 2 aliphatic heterocycles. The van der Waals surface area contributed by atoms with Crippen LogP contribution in [0.3, 0.4) is 0 Å². The zero-order valence-electron chi connectivity index (χ0n) is 13.4. The number of benzene rings is 1. The number of hydrogen-bond acceptors (Lipinski definition) is 5. The number of hydrogen-bond donors (Lipinski definition) is 0. The molecule has 23 heavy (non-hydrogen) atoms. The van der Waals surface area contributed by atoms with Gasteiger partial charge in [-0.2, -0.15) is 0 Å². The molecule has 0 N–H and O–H groups in total. The quantitative estimate of drug-likeness (QED) is 0.826. The SMILES string of the molecule is CN(C)C[C@H]1CN(c2ccc(N3CCOCC3=O)cc2)C(=O)O1. The number of anilines is 2. The minimum atomic E-state index is -0.327. The first-order valence-electron chi connectivity index (χ1n) is 7.65. The zero-order valence-corrected chi connectivity index (χ0v) is 13.4. The van der Waals surface area contributed by atoms with Crippen molar-refractivity contribution in [2.75, 3.05) is 56.7 Å². The summed E-state index contributed by atoms with van der Waals surface area (Å²) in [6.45, 7) is 2.44. The van der Waals surface area contributed by atoms with E-state index in [1.807, 2.05) is 43.3 Å². The van der Waals surface area contributed by atoms with E-state index >= 15 is 0 Å². The Morgan fingerprint density at radius 2 is 1.78 bits per heavy atom. The predicted octanol–water partition coefficient (Wildman–Crippen LogP) is 0.937. The van der Waals surface area contributed by atoms with Gasteiger partial charge in [0.15, 0.2) is 0 Å². The molecule has 1 aromatic carbocycles. The molecule has 0 spiro atoms. The fourth-order valence-electron chi connectivity index (χ4n) is 2.84. The summed E-state index contributed by atoms with van der Waals surface area (Å²) in [5.41, 5.74) is 1.60. The Labute approximate surface area is 135 Å². The topological polar surface area (TPSA) is 62.3 Å². The van der Waals surface area contributed by atoms with Crippen LogP contribution >= 0.6 is 0 Å². The molecular weight excluding hydrogens is 298 g/mol. The number of carbonyl (C=O) groups excluding carboxylic acids is 2. The van der Waals surface area contributed by atoms with Crippen molar-refractivity contribution in [1.82, 2.24) is 4.90 Å². The van der Waals surface area contributed by atoms with Crippen LogP contribution in [-0.4, -0.2) is 69.9 Å². The van der Waals surface area contributed by atoms with Gasteiger partial charge in [-0.25, -0.2) is 4.79 Å². The molecule has 2 saturated heterocycles. The molecule has 1 aromatic rings. The first kappa shape index (κ1) is 15.8. The molecule has 0 bridgehead atoms. The summed E-state index contributed by atoms with van der Waals surface area (Å²) < 4.78 is 10.5. The number of ether oxygens (including phenoxy) is 2. The van der Waals surface area contributed by atoms with Crippen molar-refractivity contribution in [3.63, 3.8) is 0 Å². The molecule has 7 nitrogen and oxygen atoms in total. The zero-order chi connectivity index (χ0) is 16.4. The summed E-state index contributed by atoms with van der Waals surface area (Å²) in [6.07, 6.45) is -0.454. The van der Waals surface area contributed by atoms with Crippen LogP contribution in [0.15, 0.2) is 24.3 Å². The van der Waals surface area contributed by atoms with Crippen LogP contribution < -0.4 is 9.80 Å². The van der Waals surface area contributed by atoms with Gasteiger partial charge in [-0.05, 0) is 38.4 Å². The summed E-state index contributed by atoms with van der Waals surface area (Å²) in [4.78, 5) is 29.2. The van der Waals surface area contributed by atoms with Crippen molar-refractivity contribution < 1.29 is 19.1 Å². The lowest BCUT2D eigenvalue weighted by Crippen LogP contribution is -2.41. The summed E-state index contributed by atoms with van der Waals surface area (Å²) >= 11 is 0. The van der Waals surface area contributed by atoms with Crippen LogP contribution in [0.4, 0.5) is 16.2 Å². The van der Waals surface area contributed by atoms with Crippen molar-refractivity contribution in [2.45, 2.75) is 6.10 Å². The monoisotopic (exact) mass is 319 g/mol. The molecule has 2 fully saturated rings. The van der Waals surface area contributed by atoms with E-state index in [4.69, 9.17) is 9.47 Å². The summed E-state index contributed by atoms with van der Waals surface area (Å²) in [5, 5.41) is 0. The van der Waals surface area contributed by atoms with Gasteiger partial charge in [0.25, 0.3) is 5.91 Å². The maximum absolute atomic E-state index is 12.0. The normalized spacial score (nSPS) is 22.0. The molecule has 1 atom stereocenters. The predicted molar refractivity (Wildman–Crippen MR) is 85.8 cm³/mol. The van der Waals surface area contributed by atoms with E-state index in [1.165, 1.54) is 0 Å². The van der Waals surface area contributed by atoms with E-state index in [-0.39, 0.29) is 24.7 Å². The maximum Gasteiger partial charge on any atom is 0.414 e. The molecule has 0 unspecified atom stereocenters. The number of likely N-dealkylation sites (N-methyl/N-ethyl adjacent to an activating group) is 1. The van der Waals surface area contributed by atoms with Gasteiger partial charge in [0.1, 0.15) is 12.7 Å². The van der Waals surface area contributed by atoms with E-state index in [2.05, 4.69) is 0 Å². The molecule has 7 heteroatoms. The highest BCUT2D eigenvalue weighted by atomic mass is 16.6. The smallest absolute Gasteiger partial charge is 0.414 e. The number of nitrogens with zero attached hydrogens (tertiary/aromatic N) is 3. The lowest BCUT2D eigenvalue weighted by atomic mass is 10.2. The molecule has 0 radical (unpaired) electrons. The highest BCUT2D eigenvalue weighted by Crippen LogP contribution is 2.25. The van der Waals surface area contributed by atoms with Crippen molar-refractivity contribution >= 4 is 23.4 Å². The second-order valence-corrected chi connectivity index (χ2v) is 5.99. The second kappa shape index (κ2) is 6.55. The number of morpholine rings is 1. The van der Waals surface area contributed by atoms with Gasteiger partial charge < -0.3 is 19.3 Å². The van der Waals surface area contributed by atoms with Gasteiger partial charge in [0.05, 0.1) is 13.2 Å². The Morgan fingerprint density at radius 1 is 1.13 bits per heavy atom. The van der Waals surface area contributed by atoms with Gasteiger partial charge in [0.2, 0.25) is 0 Å². The number of amides is 2. The summed E-state index contributed by atoms with van der Waals surface area (Å²) in [7, 11) is 3.90. The lowest BCUT2D eigenvalue weighted by molar-refractivity contribution is -0.125. The lowest BCUT2D eigenvalue weighted by Gasteiger charge is -2.27. The fraction of sp³-hybridized carbons (Fsp3) is 0.500. The third kappa shape index (κ3) is 3.46. The van der Waals surface area contributed by atoms with Gasteiger partial charge in [-0.1, -0.05) is 0 Å². The van der Waals surface area contributed by atoms with Crippen LogP contribution in [0.2, 0.25) is 0 Å². The molecular formula is C16H21N3O4. The standard InChI is InChI=1S/C16H21N3O4/c1-17(2)9-14-10-19(16(21)23-14)13-5-3-12(4-6-13)18-7-8-22-11-15(18)20/h3-6,14H,7-11H2,1-2H3/t14-/m0/s1. The Balaban J connectivity index is 1.70. The number of cyclic esters (lactones) is 1. The molecule has 124 valence electrons. The van der Waals surface area contributed by atoms with Crippen LogP contribution in [0.1, 0.15) is 0 Å². The van der Waals surface area contributed by atoms with Gasteiger partial charge in [-0.15, -0.1) is 0 Å². The largest absolute Gasteiger partial charge is 0.443 e. The molecule has 0 aromatic heterocycles. The van der Waals surface area contributed by atoms with Crippen molar-refractivity contribution in [3.05, 3.63) is 24.3 Å². The summed E-state index contributed by atoms with van der Waals surface area (Å²) in [5.74, 6) is -0.0457. The maximum atomic E-state index is 12.0. The van der Waals surface area contributed by atoms with E-state index < -0.39 is 0 Å². The van der Waals surface area contributed by atoms with E-state index in [9.17, 15) is 9.59 Å². The van der Waals surface area contributed by atoms with E-state index in [0.29, 0.717) is 26.2 Å². The van der Waals surface area contributed by atoms with Gasteiger partial charge >= 0.3 is 6.09 Å². The molecule has 2 aliphatic rings. The van der Waals surface area contributed by atoms with Gasteiger partial charge in [0, 0.05) is 24.5 Å². The highest BCUT2D eigenvalue weighted by Gasteiger charge is 2.32. The van der Waals surface area contributed by atoms with Crippen LogP contribution in [0, 0.1) is 0 Å². The third-order valence-electron chi connectivity index (χ3n) is 3.90. The van der Waals surface area contributed by atoms with Crippen LogP contribution in [0.25, 0.3) is 0 Å².